The quantitative estimate of drug-likeness (QED) is 0.458. The molecule has 1 aromatic carbocycles. The average molecular weight is 395 g/mol. The van der Waals surface area contributed by atoms with Crippen molar-refractivity contribution < 1.29 is 19.5 Å². The summed E-state index contributed by atoms with van der Waals surface area (Å²) in [6.07, 6.45) is 0.583. The second-order valence-corrected chi connectivity index (χ2v) is 8.03. The number of nitrogens with one attached hydrogen (secondary N) is 2. The van der Waals surface area contributed by atoms with Crippen LogP contribution in [0.2, 0.25) is 0 Å². The van der Waals surface area contributed by atoms with E-state index in [9.17, 15) is 19.5 Å². The first kappa shape index (κ1) is 23.0. The fourth-order valence-electron chi connectivity index (χ4n) is 2.58. The van der Waals surface area contributed by atoms with Crippen LogP contribution < -0.4 is 10.6 Å². The Morgan fingerprint density at radius 3 is 2.00 bits per heavy atom. The lowest BCUT2D eigenvalue weighted by molar-refractivity contribution is -0.142. The van der Waals surface area contributed by atoms with Crippen molar-refractivity contribution in [2.45, 2.75) is 57.9 Å². The van der Waals surface area contributed by atoms with Gasteiger partial charge in [-0.1, -0.05) is 58.0 Å². The highest BCUT2D eigenvalue weighted by molar-refractivity contribution is 7.81. The van der Waals surface area contributed by atoms with Crippen LogP contribution in [0.15, 0.2) is 30.3 Å². The van der Waals surface area contributed by atoms with Crippen LogP contribution in [-0.4, -0.2) is 40.2 Å². The molecule has 3 atom stereocenters. The highest BCUT2D eigenvalue weighted by Crippen LogP contribution is 2.12. The number of carbonyl (C=O) groups is 3. The van der Waals surface area contributed by atoms with Crippen molar-refractivity contribution in [3.8, 4) is 0 Å². The van der Waals surface area contributed by atoms with E-state index in [0.29, 0.717) is 6.42 Å². The molecular weight excluding hydrogens is 364 g/mol. The van der Waals surface area contributed by atoms with Gasteiger partial charge in [-0.05, 0) is 23.8 Å². The number of hydrogen-bond donors (Lipinski definition) is 4. The van der Waals surface area contributed by atoms with Crippen molar-refractivity contribution in [3.63, 3.8) is 0 Å². The summed E-state index contributed by atoms with van der Waals surface area (Å²) in [5, 5.41) is 14.2. The molecule has 0 saturated carbocycles. The molecule has 3 N–H and O–H groups in total. The Morgan fingerprint density at radius 2 is 1.52 bits per heavy atom. The summed E-state index contributed by atoms with van der Waals surface area (Å²) in [4.78, 5) is 36.6. The molecule has 0 spiro atoms. The molecular formula is C20H30N2O4S. The third-order valence-corrected chi connectivity index (χ3v) is 4.97. The maximum absolute atomic E-state index is 12.7. The zero-order valence-corrected chi connectivity index (χ0v) is 17.2. The molecule has 27 heavy (non-hydrogen) atoms. The van der Waals surface area contributed by atoms with Gasteiger partial charge in [-0.2, -0.15) is 12.6 Å². The summed E-state index contributed by atoms with van der Waals surface area (Å²) in [5.41, 5.74) is 0.810. The van der Waals surface area contributed by atoms with Crippen LogP contribution in [0.1, 0.15) is 39.7 Å². The third kappa shape index (κ3) is 8.03. The summed E-state index contributed by atoms with van der Waals surface area (Å²) < 4.78 is 0. The molecule has 0 radical (unpaired) electrons. The number of amides is 2. The van der Waals surface area contributed by atoms with Crippen LogP contribution in [0.5, 0.6) is 0 Å². The second kappa shape index (κ2) is 11.0. The fraction of sp³-hybridized carbons (Fsp3) is 0.550. The Kier molecular flexibility index (Phi) is 9.35. The minimum Gasteiger partial charge on any atom is -0.480 e. The molecule has 0 aromatic heterocycles. The largest absolute Gasteiger partial charge is 0.480 e. The lowest BCUT2D eigenvalue weighted by Gasteiger charge is -2.24. The number of aliphatic carboxylic acids is 1. The summed E-state index contributed by atoms with van der Waals surface area (Å²) in [5.74, 6) is -1.78. The minimum absolute atomic E-state index is 0.0148. The number of carboxylic acids is 1. The van der Waals surface area contributed by atoms with Crippen LogP contribution >= 0.6 is 12.6 Å². The van der Waals surface area contributed by atoms with Gasteiger partial charge in [0.25, 0.3) is 0 Å². The molecule has 0 aliphatic rings. The van der Waals surface area contributed by atoms with Gasteiger partial charge in [0.2, 0.25) is 11.8 Å². The summed E-state index contributed by atoms with van der Waals surface area (Å²) in [6, 6.07) is 7.22. The normalized spacial score (nSPS) is 14.5. The minimum atomic E-state index is -1.11. The zero-order valence-electron chi connectivity index (χ0n) is 16.3. The molecule has 0 fully saturated rings. The Labute approximate surface area is 166 Å². The van der Waals surface area contributed by atoms with E-state index in [1.165, 1.54) is 0 Å². The summed E-state index contributed by atoms with van der Waals surface area (Å²) >= 11 is 4.28. The third-order valence-electron chi connectivity index (χ3n) is 4.14. The van der Waals surface area contributed by atoms with Crippen molar-refractivity contribution in [2.75, 3.05) is 0 Å². The molecule has 6 nitrogen and oxygen atoms in total. The number of hydrogen-bond acceptors (Lipinski definition) is 4. The van der Waals surface area contributed by atoms with Gasteiger partial charge >= 0.3 is 5.97 Å². The molecule has 1 aromatic rings. The SMILES string of the molecule is CC(C)C[C@H](NC(=O)C(S)C(C)C)C(=O)N[C@@H](Cc1ccccc1)C(=O)O. The van der Waals surface area contributed by atoms with Crippen molar-refractivity contribution >= 4 is 30.4 Å². The topological polar surface area (TPSA) is 95.5 Å². The Hall–Kier alpha value is -2.02. The van der Waals surface area contributed by atoms with Crippen molar-refractivity contribution in [1.29, 1.82) is 0 Å². The molecule has 0 bridgehead atoms. The van der Waals surface area contributed by atoms with E-state index in [-0.39, 0.29) is 24.2 Å². The monoisotopic (exact) mass is 394 g/mol. The van der Waals surface area contributed by atoms with Crippen LogP contribution in [0, 0.1) is 11.8 Å². The van der Waals surface area contributed by atoms with Crippen molar-refractivity contribution in [2.24, 2.45) is 11.8 Å². The van der Waals surface area contributed by atoms with Gasteiger partial charge < -0.3 is 15.7 Å². The second-order valence-electron chi connectivity index (χ2n) is 7.47. The molecule has 2 amide bonds. The molecule has 7 heteroatoms. The highest BCUT2D eigenvalue weighted by atomic mass is 32.1. The van der Waals surface area contributed by atoms with E-state index in [4.69, 9.17) is 0 Å². The van der Waals surface area contributed by atoms with Crippen molar-refractivity contribution in [3.05, 3.63) is 35.9 Å². The molecule has 0 heterocycles. The maximum Gasteiger partial charge on any atom is 0.326 e. The van der Waals surface area contributed by atoms with Crippen LogP contribution in [0.4, 0.5) is 0 Å². The molecule has 0 aliphatic carbocycles. The highest BCUT2D eigenvalue weighted by Gasteiger charge is 2.29. The van der Waals surface area contributed by atoms with Gasteiger partial charge in [0, 0.05) is 6.42 Å². The standard InChI is InChI=1S/C20H30N2O4S/c1-12(2)10-15(21-19(24)17(27)13(3)4)18(23)22-16(20(25)26)11-14-8-6-5-7-9-14/h5-9,12-13,15-17,27H,10-11H2,1-4H3,(H,21,24)(H,22,23)(H,25,26)/t15-,16-,17?/m0/s1. The Bertz CT molecular complexity index is 634. The zero-order chi connectivity index (χ0) is 20.6. The van der Waals surface area contributed by atoms with E-state index in [2.05, 4.69) is 23.3 Å². The number of rotatable bonds is 10. The van der Waals surface area contributed by atoms with Gasteiger partial charge in [-0.3, -0.25) is 9.59 Å². The van der Waals surface area contributed by atoms with Gasteiger partial charge in [0.1, 0.15) is 12.1 Å². The predicted molar refractivity (Wildman–Crippen MR) is 109 cm³/mol. The van der Waals surface area contributed by atoms with Crippen LogP contribution in [-0.2, 0) is 20.8 Å². The molecule has 0 aliphatic heterocycles. The molecule has 0 saturated heterocycles. The van der Waals surface area contributed by atoms with Gasteiger partial charge in [0.05, 0.1) is 5.25 Å². The summed E-state index contributed by atoms with van der Waals surface area (Å²) in [7, 11) is 0. The number of carbonyl (C=O) groups excluding carboxylic acids is 2. The van der Waals surface area contributed by atoms with Gasteiger partial charge in [-0.25, -0.2) is 4.79 Å². The maximum atomic E-state index is 12.7. The lowest BCUT2D eigenvalue weighted by atomic mass is 10.0. The van der Waals surface area contributed by atoms with Crippen LogP contribution in [0.25, 0.3) is 0 Å². The molecule has 150 valence electrons. The Balaban J connectivity index is 2.85. The van der Waals surface area contributed by atoms with Gasteiger partial charge in [-0.15, -0.1) is 0 Å². The van der Waals surface area contributed by atoms with E-state index in [1.807, 2.05) is 58.0 Å². The van der Waals surface area contributed by atoms with Crippen molar-refractivity contribution in [1.82, 2.24) is 10.6 Å². The number of carboxylic acid groups (broad SMARTS) is 1. The van der Waals surface area contributed by atoms with Gasteiger partial charge in [0.15, 0.2) is 0 Å². The molecule has 1 unspecified atom stereocenters. The van der Waals surface area contributed by atoms with E-state index in [0.717, 1.165) is 5.56 Å². The predicted octanol–water partition coefficient (Wildman–Crippen LogP) is 2.28. The van der Waals surface area contributed by atoms with Crippen LogP contribution in [0.3, 0.4) is 0 Å². The fourth-order valence-corrected chi connectivity index (χ4v) is 2.66. The Morgan fingerprint density at radius 1 is 0.963 bits per heavy atom. The van der Waals surface area contributed by atoms with E-state index in [1.54, 1.807) is 0 Å². The van der Waals surface area contributed by atoms with E-state index < -0.39 is 29.2 Å². The average Bonchev–Trinajstić information content (AvgIpc) is 2.59. The summed E-state index contributed by atoms with van der Waals surface area (Å²) in [6.45, 7) is 7.61. The number of thiol groups is 1. The van der Waals surface area contributed by atoms with E-state index >= 15 is 0 Å². The number of benzene rings is 1. The lowest BCUT2D eigenvalue weighted by Crippen LogP contribution is -2.54. The first-order valence-electron chi connectivity index (χ1n) is 9.17. The smallest absolute Gasteiger partial charge is 0.326 e. The first-order valence-corrected chi connectivity index (χ1v) is 9.69. The first-order chi connectivity index (χ1) is 12.6. The molecule has 1 rings (SSSR count).